The van der Waals surface area contributed by atoms with Crippen LogP contribution in [0, 0.1) is 6.92 Å². The lowest BCUT2D eigenvalue weighted by Crippen LogP contribution is -2.42. The zero-order chi connectivity index (χ0) is 16.8. The lowest BCUT2D eigenvalue weighted by atomic mass is 9.95. The van der Waals surface area contributed by atoms with Crippen LogP contribution in [0.5, 0.6) is 0 Å². The minimum Gasteiger partial charge on any atom is -0.452 e. The number of hydrogen-bond acceptors (Lipinski definition) is 5. The molecule has 1 heterocycles. The van der Waals surface area contributed by atoms with E-state index in [0.29, 0.717) is 0 Å². The zero-order valence-electron chi connectivity index (χ0n) is 13.7. The molecule has 1 atom stereocenters. The molecule has 1 N–H and O–H groups in total. The Balaban J connectivity index is 1.75. The van der Waals surface area contributed by atoms with E-state index in [4.69, 9.17) is 4.74 Å². The van der Waals surface area contributed by atoms with E-state index in [0.717, 1.165) is 42.7 Å². The summed E-state index contributed by atoms with van der Waals surface area (Å²) >= 11 is 1.11. The lowest BCUT2D eigenvalue weighted by Gasteiger charge is -2.24. The molecule has 1 amide bonds. The molecule has 0 aromatic carbocycles. The van der Waals surface area contributed by atoms with Crippen LogP contribution in [0.3, 0.4) is 0 Å². The van der Waals surface area contributed by atoms with Gasteiger partial charge in [-0.05, 0) is 26.7 Å². The largest absolute Gasteiger partial charge is 0.452 e. The van der Waals surface area contributed by atoms with Crippen molar-refractivity contribution < 1.29 is 14.3 Å². The van der Waals surface area contributed by atoms with Gasteiger partial charge in [0, 0.05) is 23.7 Å². The van der Waals surface area contributed by atoms with E-state index in [-0.39, 0.29) is 29.8 Å². The molecule has 128 valence electrons. The molecule has 1 fully saturated rings. The Bertz CT molecular complexity index is 601. The summed E-state index contributed by atoms with van der Waals surface area (Å²) in [5.74, 6) is -0.706. The maximum absolute atomic E-state index is 12.0. The molecule has 0 spiro atoms. The van der Waals surface area contributed by atoms with Gasteiger partial charge in [0.05, 0.1) is 6.42 Å². The molecule has 0 saturated heterocycles. The number of rotatable bonds is 6. The summed E-state index contributed by atoms with van der Waals surface area (Å²) in [7, 11) is 0. The van der Waals surface area contributed by atoms with Crippen LogP contribution in [-0.2, 0) is 20.9 Å². The van der Waals surface area contributed by atoms with Crippen LogP contribution >= 0.6 is 11.3 Å². The Labute approximate surface area is 139 Å². The quantitative estimate of drug-likeness (QED) is 0.804. The van der Waals surface area contributed by atoms with Crippen molar-refractivity contribution in [1.29, 1.82) is 0 Å². The zero-order valence-corrected chi connectivity index (χ0v) is 14.5. The van der Waals surface area contributed by atoms with Crippen molar-refractivity contribution in [1.82, 2.24) is 9.88 Å². The van der Waals surface area contributed by atoms with Gasteiger partial charge in [-0.2, -0.15) is 0 Å². The summed E-state index contributed by atoms with van der Waals surface area (Å²) in [4.78, 5) is 35.4. The molecule has 2 rings (SSSR count). The highest BCUT2D eigenvalue weighted by molar-refractivity contribution is 7.07. The summed E-state index contributed by atoms with van der Waals surface area (Å²) in [5, 5.41) is 4.70. The van der Waals surface area contributed by atoms with Crippen LogP contribution in [0.25, 0.3) is 0 Å². The van der Waals surface area contributed by atoms with E-state index < -0.39 is 12.1 Å². The van der Waals surface area contributed by atoms with Gasteiger partial charge in [0.25, 0.3) is 5.91 Å². The van der Waals surface area contributed by atoms with Gasteiger partial charge >= 0.3 is 10.8 Å². The second kappa shape index (κ2) is 8.29. The number of carbonyl (C=O) groups is 2. The number of nitrogens with zero attached hydrogens (tertiary/aromatic N) is 1. The predicted molar refractivity (Wildman–Crippen MR) is 88.5 cm³/mol. The van der Waals surface area contributed by atoms with Crippen molar-refractivity contribution in [2.24, 2.45) is 0 Å². The molecule has 1 saturated carbocycles. The highest BCUT2D eigenvalue weighted by atomic mass is 32.1. The number of ether oxygens (including phenoxy) is 1. The molecular formula is C16H24N2O4S. The fourth-order valence-corrected chi connectivity index (χ4v) is 3.51. The van der Waals surface area contributed by atoms with E-state index in [1.807, 2.05) is 6.92 Å². The molecule has 1 aromatic heterocycles. The number of thiazole rings is 1. The number of amides is 1. The van der Waals surface area contributed by atoms with Gasteiger partial charge in [0.2, 0.25) is 0 Å². The van der Waals surface area contributed by atoms with Crippen molar-refractivity contribution >= 4 is 23.2 Å². The van der Waals surface area contributed by atoms with Crippen LogP contribution in [0.15, 0.2) is 10.2 Å². The van der Waals surface area contributed by atoms with Crippen molar-refractivity contribution in [3.63, 3.8) is 0 Å². The average molecular weight is 340 g/mol. The Morgan fingerprint density at radius 2 is 2.09 bits per heavy atom. The Morgan fingerprint density at radius 1 is 1.39 bits per heavy atom. The van der Waals surface area contributed by atoms with Crippen LogP contribution in [0.4, 0.5) is 0 Å². The standard InChI is InChI=1S/C16H24N2O4S/c1-11-10-23-16(21)18(11)9-8-14(19)22-12(2)15(20)17-13-6-4-3-5-7-13/h10,12-13H,3-9H2,1-2H3,(H,17,20). The third kappa shape index (κ3) is 5.20. The first kappa shape index (κ1) is 17.7. The summed E-state index contributed by atoms with van der Waals surface area (Å²) in [6, 6.07) is 0.199. The first-order valence-corrected chi connectivity index (χ1v) is 9.00. The number of esters is 1. The van der Waals surface area contributed by atoms with Crippen molar-refractivity contribution in [2.45, 2.75) is 71.1 Å². The predicted octanol–water partition coefficient (Wildman–Crippen LogP) is 1.99. The molecule has 0 bridgehead atoms. The number of hydrogen-bond donors (Lipinski definition) is 1. The van der Waals surface area contributed by atoms with Crippen LogP contribution in [-0.4, -0.2) is 28.6 Å². The van der Waals surface area contributed by atoms with E-state index in [1.165, 1.54) is 6.42 Å². The molecule has 23 heavy (non-hydrogen) atoms. The molecule has 6 nitrogen and oxygen atoms in total. The summed E-state index contributed by atoms with van der Waals surface area (Å²) < 4.78 is 6.71. The first-order chi connectivity index (χ1) is 11.0. The normalized spacial score (nSPS) is 16.8. The molecule has 0 radical (unpaired) electrons. The topological polar surface area (TPSA) is 77.4 Å². The SMILES string of the molecule is Cc1csc(=O)n1CCC(=O)OC(C)C(=O)NC1CCCCC1. The molecule has 1 aliphatic carbocycles. The van der Waals surface area contributed by atoms with E-state index in [2.05, 4.69) is 5.32 Å². The van der Waals surface area contributed by atoms with Crippen LogP contribution < -0.4 is 10.2 Å². The third-order valence-corrected chi connectivity index (χ3v) is 5.03. The third-order valence-electron chi connectivity index (χ3n) is 4.14. The van der Waals surface area contributed by atoms with E-state index in [1.54, 1.807) is 16.9 Å². The highest BCUT2D eigenvalue weighted by Gasteiger charge is 2.22. The summed E-state index contributed by atoms with van der Waals surface area (Å²) in [6.07, 6.45) is 4.75. The minimum absolute atomic E-state index is 0.0819. The van der Waals surface area contributed by atoms with Crippen molar-refractivity contribution in [2.75, 3.05) is 0 Å². The van der Waals surface area contributed by atoms with Gasteiger partial charge in [-0.25, -0.2) is 0 Å². The molecule has 0 aliphatic heterocycles. The van der Waals surface area contributed by atoms with Gasteiger partial charge in [0.15, 0.2) is 6.10 Å². The highest BCUT2D eigenvalue weighted by Crippen LogP contribution is 2.17. The van der Waals surface area contributed by atoms with E-state index in [9.17, 15) is 14.4 Å². The number of carbonyl (C=O) groups excluding carboxylic acids is 2. The number of aromatic nitrogens is 1. The fourth-order valence-electron chi connectivity index (χ4n) is 2.75. The maximum Gasteiger partial charge on any atom is 0.308 e. The summed E-state index contributed by atoms with van der Waals surface area (Å²) in [5.41, 5.74) is 0.830. The second-order valence-corrected chi connectivity index (χ2v) is 6.84. The molecular weight excluding hydrogens is 316 g/mol. The van der Waals surface area contributed by atoms with Gasteiger partial charge < -0.3 is 14.6 Å². The van der Waals surface area contributed by atoms with E-state index >= 15 is 0 Å². The van der Waals surface area contributed by atoms with Crippen molar-refractivity contribution in [3.05, 3.63) is 20.7 Å². The van der Waals surface area contributed by atoms with Gasteiger partial charge in [-0.3, -0.25) is 14.4 Å². The number of aryl methyl sites for hydroxylation is 1. The monoisotopic (exact) mass is 340 g/mol. The molecule has 1 aliphatic rings. The Morgan fingerprint density at radius 3 is 2.70 bits per heavy atom. The lowest BCUT2D eigenvalue weighted by molar-refractivity contribution is -0.155. The van der Waals surface area contributed by atoms with Crippen LogP contribution in [0.2, 0.25) is 0 Å². The molecule has 1 aromatic rings. The second-order valence-electron chi connectivity index (χ2n) is 6.02. The van der Waals surface area contributed by atoms with Crippen molar-refractivity contribution in [3.8, 4) is 0 Å². The van der Waals surface area contributed by atoms with Gasteiger partial charge in [0.1, 0.15) is 0 Å². The van der Waals surface area contributed by atoms with Gasteiger partial charge in [-0.1, -0.05) is 30.6 Å². The average Bonchev–Trinajstić information content (AvgIpc) is 2.85. The Kier molecular flexibility index (Phi) is 6.38. The minimum atomic E-state index is -0.801. The smallest absolute Gasteiger partial charge is 0.308 e. The number of nitrogens with one attached hydrogen (secondary N) is 1. The Hall–Kier alpha value is -1.63. The first-order valence-electron chi connectivity index (χ1n) is 8.12. The fraction of sp³-hybridized carbons (Fsp3) is 0.688. The summed E-state index contributed by atoms with van der Waals surface area (Å²) in [6.45, 7) is 3.69. The maximum atomic E-state index is 12.0. The van der Waals surface area contributed by atoms with Crippen LogP contribution in [0.1, 0.15) is 51.1 Å². The molecule has 7 heteroatoms. The molecule has 1 unspecified atom stereocenters. The van der Waals surface area contributed by atoms with Gasteiger partial charge in [-0.15, -0.1) is 0 Å².